The first kappa shape index (κ1) is 20.9. The van der Waals surface area contributed by atoms with Crippen molar-refractivity contribution in [2.45, 2.75) is 24.7 Å². The van der Waals surface area contributed by atoms with Crippen molar-refractivity contribution in [2.24, 2.45) is 0 Å². The molecule has 9 heteroatoms. The summed E-state index contributed by atoms with van der Waals surface area (Å²) in [7, 11) is -3.80. The third-order valence-corrected chi connectivity index (χ3v) is 7.52. The number of sulfonamides is 1. The molecule has 2 aromatic rings. The molecule has 0 unspecified atom stereocenters. The number of anilines is 1. The first-order chi connectivity index (χ1) is 14.3. The van der Waals surface area contributed by atoms with Crippen molar-refractivity contribution in [2.75, 3.05) is 37.7 Å². The zero-order valence-corrected chi connectivity index (χ0v) is 17.3. The van der Waals surface area contributed by atoms with E-state index in [1.54, 1.807) is 12.1 Å². The molecule has 0 saturated carbocycles. The number of ether oxygens (including phenoxy) is 1. The van der Waals surface area contributed by atoms with Crippen molar-refractivity contribution in [3.05, 3.63) is 58.7 Å². The molecule has 0 atom stereocenters. The number of carbonyl (C=O) groups excluding carboxylic acids is 1. The topological polar surface area (TPSA) is 66.9 Å². The predicted octanol–water partition coefficient (Wildman–Crippen LogP) is 2.75. The van der Waals surface area contributed by atoms with Gasteiger partial charge in [0.15, 0.2) is 0 Å². The third-order valence-electron chi connectivity index (χ3n) is 5.54. The summed E-state index contributed by atoms with van der Waals surface area (Å²) in [6, 6.07) is 6.50. The standard InChI is InChI=1S/C21H22F2N2O4S/c1-2-14-3-4-15(11-20(14)30(27,28)24-7-9-29-10-8-24)21(26)25-6-5-17-18(23)12-16(22)13-19(17)25/h3-4,11-13H,2,5-10H2,1H3. The van der Waals surface area contributed by atoms with Gasteiger partial charge in [0, 0.05) is 36.8 Å². The molecule has 1 fully saturated rings. The van der Waals surface area contributed by atoms with Gasteiger partial charge in [-0.25, -0.2) is 17.2 Å². The van der Waals surface area contributed by atoms with Crippen LogP contribution in [0.5, 0.6) is 0 Å². The number of carbonyl (C=O) groups is 1. The number of morpholine rings is 1. The van der Waals surface area contributed by atoms with Gasteiger partial charge in [-0.2, -0.15) is 4.31 Å². The van der Waals surface area contributed by atoms with E-state index >= 15 is 0 Å². The highest BCUT2D eigenvalue weighted by molar-refractivity contribution is 7.89. The summed E-state index contributed by atoms with van der Waals surface area (Å²) < 4.78 is 60.7. The fourth-order valence-electron chi connectivity index (χ4n) is 3.93. The van der Waals surface area contributed by atoms with Crippen LogP contribution >= 0.6 is 0 Å². The van der Waals surface area contributed by atoms with Gasteiger partial charge in [0.2, 0.25) is 10.0 Å². The summed E-state index contributed by atoms with van der Waals surface area (Å²) in [4.78, 5) is 14.5. The van der Waals surface area contributed by atoms with Crippen LogP contribution in [0.2, 0.25) is 0 Å². The maximum absolute atomic E-state index is 14.0. The van der Waals surface area contributed by atoms with E-state index in [1.165, 1.54) is 15.3 Å². The minimum absolute atomic E-state index is 0.0857. The van der Waals surface area contributed by atoms with Crippen LogP contribution in [0, 0.1) is 11.6 Å². The third kappa shape index (κ3) is 3.61. The monoisotopic (exact) mass is 436 g/mol. The molecule has 1 saturated heterocycles. The Balaban J connectivity index is 1.72. The van der Waals surface area contributed by atoms with Crippen molar-refractivity contribution < 1.29 is 26.7 Å². The van der Waals surface area contributed by atoms with E-state index in [-0.39, 0.29) is 47.8 Å². The van der Waals surface area contributed by atoms with Gasteiger partial charge in [0.05, 0.1) is 23.8 Å². The van der Waals surface area contributed by atoms with Crippen molar-refractivity contribution in [1.82, 2.24) is 4.31 Å². The van der Waals surface area contributed by atoms with Crippen LogP contribution in [0.1, 0.15) is 28.4 Å². The summed E-state index contributed by atoms with van der Waals surface area (Å²) in [6.45, 7) is 3.19. The van der Waals surface area contributed by atoms with Crippen LogP contribution in [0.15, 0.2) is 35.2 Å². The van der Waals surface area contributed by atoms with Gasteiger partial charge >= 0.3 is 0 Å². The largest absolute Gasteiger partial charge is 0.379 e. The van der Waals surface area contributed by atoms with Crippen molar-refractivity contribution >= 4 is 21.6 Å². The first-order valence-electron chi connectivity index (χ1n) is 9.83. The SMILES string of the molecule is CCc1ccc(C(=O)N2CCc3c(F)cc(F)cc32)cc1S(=O)(=O)N1CCOCC1. The molecule has 4 rings (SSSR count). The van der Waals surface area contributed by atoms with E-state index < -0.39 is 27.6 Å². The van der Waals surface area contributed by atoms with Crippen molar-refractivity contribution in [3.8, 4) is 0 Å². The fraction of sp³-hybridized carbons (Fsp3) is 0.381. The van der Waals surface area contributed by atoms with E-state index in [9.17, 15) is 22.0 Å². The Kier molecular flexibility index (Phi) is 5.61. The molecule has 2 heterocycles. The number of rotatable bonds is 4. The molecule has 2 aliphatic rings. The second-order valence-corrected chi connectivity index (χ2v) is 9.19. The lowest BCUT2D eigenvalue weighted by Gasteiger charge is -2.27. The minimum atomic E-state index is -3.80. The molecule has 0 spiro atoms. The highest BCUT2D eigenvalue weighted by atomic mass is 32.2. The highest BCUT2D eigenvalue weighted by Crippen LogP contribution is 2.33. The summed E-state index contributed by atoms with van der Waals surface area (Å²) in [5.74, 6) is -1.93. The van der Waals surface area contributed by atoms with Gasteiger partial charge in [-0.15, -0.1) is 0 Å². The van der Waals surface area contributed by atoms with E-state index in [0.717, 1.165) is 12.1 Å². The van der Waals surface area contributed by atoms with Crippen LogP contribution in [0.4, 0.5) is 14.5 Å². The minimum Gasteiger partial charge on any atom is -0.379 e. The van der Waals surface area contributed by atoms with Crippen LogP contribution in [0.3, 0.4) is 0 Å². The first-order valence-corrected chi connectivity index (χ1v) is 11.3. The number of aryl methyl sites for hydroxylation is 1. The summed E-state index contributed by atoms with van der Waals surface area (Å²) in [5.41, 5.74) is 1.25. The molecule has 0 N–H and O–H groups in total. The Morgan fingerprint density at radius 2 is 1.83 bits per heavy atom. The van der Waals surface area contributed by atoms with Crippen molar-refractivity contribution in [3.63, 3.8) is 0 Å². The molecule has 6 nitrogen and oxygen atoms in total. The average Bonchev–Trinajstić information content (AvgIpc) is 3.17. The number of hydrogen-bond acceptors (Lipinski definition) is 4. The number of benzene rings is 2. The maximum atomic E-state index is 14.0. The molecule has 1 amide bonds. The predicted molar refractivity (Wildman–Crippen MR) is 107 cm³/mol. The van der Waals surface area contributed by atoms with Crippen LogP contribution < -0.4 is 4.90 Å². The molecule has 2 aromatic carbocycles. The van der Waals surface area contributed by atoms with Crippen molar-refractivity contribution in [1.29, 1.82) is 0 Å². The molecule has 0 bridgehead atoms. The average molecular weight is 436 g/mol. The second-order valence-electron chi connectivity index (χ2n) is 7.28. The molecular weight excluding hydrogens is 414 g/mol. The molecule has 0 aliphatic carbocycles. The van der Waals surface area contributed by atoms with E-state index in [2.05, 4.69) is 0 Å². The lowest BCUT2D eigenvalue weighted by atomic mass is 10.1. The summed E-state index contributed by atoms with van der Waals surface area (Å²) in [5, 5.41) is 0. The molecule has 30 heavy (non-hydrogen) atoms. The fourth-order valence-corrected chi connectivity index (χ4v) is 5.66. The Hall–Kier alpha value is -2.36. The van der Waals surface area contributed by atoms with E-state index in [1.807, 2.05) is 6.92 Å². The maximum Gasteiger partial charge on any atom is 0.258 e. The normalized spacial score (nSPS) is 17.2. The van der Waals surface area contributed by atoms with E-state index in [4.69, 9.17) is 4.74 Å². The second kappa shape index (κ2) is 8.05. The quantitative estimate of drug-likeness (QED) is 0.739. The molecule has 2 aliphatic heterocycles. The Bertz CT molecular complexity index is 1100. The van der Waals surface area contributed by atoms with Gasteiger partial charge in [0.1, 0.15) is 11.6 Å². The number of amides is 1. The Morgan fingerprint density at radius 1 is 1.10 bits per heavy atom. The Labute approximate surface area is 174 Å². The zero-order chi connectivity index (χ0) is 21.5. The molecule has 0 aromatic heterocycles. The molecule has 0 radical (unpaired) electrons. The van der Waals surface area contributed by atoms with E-state index in [0.29, 0.717) is 25.2 Å². The van der Waals surface area contributed by atoms with Gasteiger partial charge < -0.3 is 9.64 Å². The summed E-state index contributed by atoms with van der Waals surface area (Å²) in [6.07, 6.45) is 0.759. The zero-order valence-electron chi connectivity index (χ0n) is 16.5. The van der Waals surface area contributed by atoms with Gasteiger partial charge in [-0.1, -0.05) is 13.0 Å². The van der Waals surface area contributed by atoms with Crippen LogP contribution in [-0.2, 0) is 27.6 Å². The number of fused-ring (bicyclic) bond motifs is 1. The number of hydrogen-bond donors (Lipinski definition) is 0. The van der Waals surface area contributed by atoms with Crippen LogP contribution in [-0.4, -0.2) is 51.5 Å². The number of halogens is 2. The molecular formula is C21H22F2N2O4S. The van der Waals surface area contributed by atoms with Gasteiger partial charge in [-0.3, -0.25) is 4.79 Å². The summed E-state index contributed by atoms with van der Waals surface area (Å²) >= 11 is 0. The van der Waals surface area contributed by atoms with Gasteiger partial charge in [-0.05, 0) is 36.6 Å². The van der Waals surface area contributed by atoms with Crippen LogP contribution in [0.25, 0.3) is 0 Å². The molecule has 160 valence electrons. The highest BCUT2D eigenvalue weighted by Gasteiger charge is 2.32. The Morgan fingerprint density at radius 3 is 2.53 bits per heavy atom. The lowest BCUT2D eigenvalue weighted by molar-refractivity contribution is 0.0730. The van der Waals surface area contributed by atoms with Gasteiger partial charge in [0.25, 0.3) is 5.91 Å². The number of nitrogens with zero attached hydrogens (tertiary/aromatic N) is 2. The smallest absolute Gasteiger partial charge is 0.258 e. The lowest BCUT2D eigenvalue weighted by Crippen LogP contribution is -2.41.